The van der Waals surface area contributed by atoms with Gasteiger partial charge >= 0.3 is 0 Å². The highest BCUT2D eigenvalue weighted by Gasteiger charge is 2.22. The molecule has 60 valence electrons. The second-order valence-corrected chi connectivity index (χ2v) is 2.68. The smallest absolute Gasteiger partial charge is 0.200 e. The van der Waals surface area contributed by atoms with Gasteiger partial charge in [0.25, 0.3) is 0 Å². The first-order chi connectivity index (χ1) is 5.20. The lowest BCUT2D eigenvalue weighted by molar-refractivity contribution is 0.108. The molecule has 0 bridgehead atoms. The summed E-state index contributed by atoms with van der Waals surface area (Å²) in [4.78, 5) is 10.4. The molecule has 1 saturated heterocycles. The molecule has 1 aliphatic heterocycles. The van der Waals surface area contributed by atoms with Crippen LogP contribution in [-0.4, -0.2) is 44.0 Å². The van der Waals surface area contributed by atoms with Crippen LogP contribution in [0.2, 0.25) is 0 Å². The topological polar surface area (TPSA) is 61.4 Å². The van der Waals surface area contributed by atoms with Crippen molar-refractivity contribution in [1.82, 2.24) is 10.6 Å². The van der Waals surface area contributed by atoms with Crippen LogP contribution in [0.1, 0.15) is 6.42 Å². The minimum absolute atomic E-state index is 0.186. The number of carbonyl (C=O) groups is 1. The van der Waals surface area contributed by atoms with Crippen LogP contribution in [0.25, 0.3) is 0 Å². The Morgan fingerprint density at radius 2 is 2.45 bits per heavy atom. The molecule has 0 saturated carbocycles. The number of aliphatic hydroxyl groups excluding tert-OH is 1. The summed E-state index contributed by atoms with van der Waals surface area (Å²) in [5.74, 6) is -0.573. The number of aliphatic hydroxyl groups is 1. The molecule has 5 heteroatoms. The predicted molar refractivity (Wildman–Crippen MR) is 41.6 cm³/mol. The monoisotopic (exact) mass is 154 g/mol. The fourth-order valence-electron chi connectivity index (χ4n) is 1.19. The van der Waals surface area contributed by atoms with E-state index < -0.39 is 11.9 Å². The number of carbonyl (C=O) groups excluding carboxylic acids is 1. The molecule has 0 unspecified atom stereocenters. The van der Waals surface area contributed by atoms with Crippen molar-refractivity contribution in [3.05, 3.63) is 0 Å². The maximum atomic E-state index is 10.4. The zero-order chi connectivity index (χ0) is 8.27. The third kappa shape index (κ3) is 2.51. The molecule has 1 aliphatic rings. The normalized spacial score (nSPS) is 31.4. The molecule has 3 N–H and O–H groups in total. The van der Waals surface area contributed by atoms with Crippen molar-refractivity contribution in [2.24, 2.45) is 0 Å². The molecular weight excluding hydrogens is 143 g/mol. The van der Waals surface area contributed by atoms with E-state index in [-0.39, 0.29) is 6.04 Å². The SMILES string of the molecule is [B]C(=O)N[C@H]1CCNC[C@@H]1O. The maximum Gasteiger partial charge on any atom is 0.200 e. The summed E-state index contributed by atoms with van der Waals surface area (Å²) in [6.45, 7) is 1.33. The van der Waals surface area contributed by atoms with Crippen LogP contribution in [0.15, 0.2) is 0 Å². The summed E-state index contributed by atoms with van der Waals surface area (Å²) < 4.78 is 0. The number of rotatable bonds is 1. The molecule has 0 aliphatic carbocycles. The molecule has 2 atom stereocenters. The van der Waals surface area contributed by atoms with Gasteiger partial charge in [0.1, 0.15) is 0 Å². The summed E-state index contributed by atoms with van der Waals surface area (Å²) in [6, 6.07) is -0.186. The van der Waals surface area contributed by atoms with Crippen LogP contribution in [-0.2, 0) is 0 Å². The van der Waals surface area contributed by atoms with E-state index in [0.717, 1.165) is 13.0 Å². The van der Waals surface area contributed by atoms with Crippen molar-refractivity contribution in [3.8, 4) is 0 Å². The van der Waals surface area contributed by atoms with Gasteiger partial charge in [-0.2, -0.15) is 0 Å². The van der Waals surface area contributed by atoms with E-state index in [4.69, 9.17) is 7.85 Å². The van der Waals surface area contributed by atoms with E-state index in [2.05, 4.69) is 10.6 Å². The van der Waals surface area contributed by atoms with Gasteiger partial charge < -0.3 is 15.7 Å². The molecule has 4 nitrogen and oxygen atoms in total. The first kappa shape index (κ1) is 8.55. The van der Waals surface area contributed by atoms with E-state index in [9.17, 15) is 9.90 Å². The third-order valence-electron chi connectivity index (χ3n) is 1.78. The quantitative estimate of drug-likeness (QED) is 0.406. The van der Waals surface area contributed by atoms with Crippen molar-refractivity contribution < 1.29 is 9.90 Å². The number of hydrogen-bond donors (Lipinski definition) is 3. The van der Waals surface area contributed by atoms with Gasteiger partial charge in [-0.3, -0.25) is 4.79 Å². The molecule has 1 rings (SSSR count). The second-order valence-electron chi connectivity index (χ2n) is 2.68. The summed E-state index contributed by atoms with van der Waals surface area (Å²) in [6.07, 6.45) is 0.209. The Hall–Kier alpha value is -0.545. The molecule has 1 fully saturated rings. The maximum absolute atomic E-state index is 10.4. The summed E-state index contributed by atoms with van der Waals surface area (Å²) >= 11 is 0. The van der Waals surface area contributed by atoms with Gasteiger partial charge in [0.15, 0.2) is 5.81 Å². The zero-order valence-electron chi connectivity index (χ0n) is 6.21. The Labute approximate surface area is 66.8 Å². The summed E-state index contributed by atoms with van der Waals surface area (Å²) in [7, 11) is 4.90. The van der Waals surface area contributed by atoms with Crippen LogP contribution in [0.5, 0.6) is 0 Å². The van der Waals surface area contributed by atoms with Gasteiger partial charge in [0.2, 0.25) is 7.85 Å². The van der Waals surface area contributed by atoms with Crippen LogP contribution in [0.4, 0.5) is 4.79 Å². The van der Waals surface area contributed by atoms with Gasteiger partial charge in [-0.15, -0.1) is 0 Å². The lowest BCUT2D eigenvalue weighted by atomic mass is 10.0. The number of β-amino-alcohol motifs (C(OH)–C–C–N with tert-alkyl or cyclic N) is 1. The third-order valence-corrected chi connectivity index (χ3v) is 1.78. The van der Waals surface area contributed by atoms with Crippen LogP contribution in [0, 0.1) is 0 Å². The van der Waals surface area contributed by atoms with Crippen molar-refractivity contribution in [2.45, 2.75) is 18.6 Å². The van der Waals surface area contributed by atoms with E-state index in [1.165, 1.54) is 0 Å². The van der Waals surface area contributed by atoms with Crippen LogP contribution < -0.4 is 10.6 Å². The van der Waals surface area contributed by atoms with E-state index in [1.54, 1.807) is 0 Å². The minimum atomic E-state index is -0.573. The summed E-state index contributed by atoms with van der Waals surface area (Å²) in [5.41, 5.74) is 0. The fourth-order valence-corrected chi connectivity index (χ4v) is 1.19. The number of piperidine rings is 1. The highest BCUT2D eigenvalue weighted by molar-refractivity contribution is 6.57. The van der Waals surface area contributed by atoms with Crippen molar-refractivity contribution >= 4 is 13.7 Å². The molecule has 1 amide bonds. The Bertz CT molecular complexity index is 154. The molecule has 0 aromatic heterocycles. The molecule has 2 radical (unpaired) electrons. The van der Waals surface area contributed by atoms with Crippen LogP contribution in [0.3, 0.4) is 0 Å². The Morgan fingerprint density at radius 3 is 3.00 bits per heavy atom. The summed E-state index contributed by atoms with van der Waals surface area (Å²) in [5, 5.41) is 14.8. The number of amides is 1. The highest BCUT2D eigenvalue weighted by Crippen LogP contribution is 2.02. The fraction of sp³-hybridized carbons (Fsp3) is 0.833. The lowest BCUT2D eigenvalue weighted by Gasteiger charge is -2.28. The molecule has 0 aromatic carbocycles. The van der Waals surface area contributed by atoms with Crippen molar-refractivity contribution in [1.29, 1.82) is 0 Å². The Morgan fingerprint density at radius 1 is 1.73 bits per heavy atom. The largest absolute Gasteiger partial charge is 0.390 e. The predicted octanol–water partition coefficient (Wildman–Crippen LogP) is -1.41. The van der Waals surface area contributed by atoms with Gasteiger partial charge in [-0.1, -0.05) is 0 Å². The molecule has 0 spiro atoms. The van der Waals surface area contributed by atoms with E-state index >= 15 is 0 Å². The van der Waals surface area contributed by atoms with Gasteiger partial charge in [-0.25, -0.2) is 0 Å². The first-order valence-electron chi connectivity index (χ1n) is 3.65. The zero-order valence-corrected chi connectivity index (χ0v) is 6.21. The number of nitrogens with one attached hydrogen (secondary N) is 2. The van der Waals surface area contributed by atoms with Gasteiger partial charge in [0, 0.05) is 6.54 Å². The second kappa shape index (κ2) is 3.73. The Kier molecular flexibility index (Phi) is 2.90. The number of hydrogen-bond acceptors (Lipinski definition) is 3. The molecule has 11 heavy (non-hydrogen) atoms. The van der Waals surface area contributed by atoms with E-state index in [0.29, 0.717) is 6.54 Å². The van der Waals surface area contributed by atoms with Crippen LogP contribution >= 0.6 is 0 Å². The highest BCUT2D eigenvalue weighted by atomic mass is 16.3. The lowest BCUT2D eigenvalue weighted by Crippen LogP contribution is -2.52. The molecular formula is C6H11BN2O2. The van der Waals surface area contributed by atoms with Crippen molar-refractivity contribution in [3.63, 3.8) is 0 Å². The average Bonchev–Trinajstić information content (AvgIpc) is 1.93. The van der Waals surface area contributed by atoms with Gasteiger partial charge in [0.05, 0.1) is 12.1 Å². The minimum Gasteiger partial charge on any atom is -0.390 e. The standard InChI is InChI=1S/C6H11BN2O2/c7-6(11)9-4-1-2-8-3-5(4)10/h4-5,8,10H,1-3H2,(H,9,11)/t4-,5-/m0/s1. The average molecular weight is 154 g/mol. The molecule has 1 heterocycles. The molecule has 0 aromatic rings. The van der Waals surface area contributed by atoms with Crippen molar-refractivity contribution in [2.75, 3.05) is 13.1 Å². The van der Waals surface area contributed by atoms with E-state index in [1.807, 2.05) is 0 Å². The Balaban J connectivity index is 2.35. The first-order valence-corrected chi connectivity index (χ1v) is 3.65. The van der Waals surface area contributed by atoms with Gasteiger partial charge in [-0.05, 0) is 13.0 Å².